The van der Waals surface area contributed by atoms with Gasteiger partial charge in [0.15, 0.2) is 0 Å². The third-order valence-electron chi connectivity index (χ3n) is 3.42. The molecule has 5 nitrogen and oxygen atoms in total. The normalized spacial score (nSPS) is 13.9. The van der Waals surface area contributed by atoms with Crippen molar-refractivity contribution in [2.45, 2.75) is 52.0 Å². The van der Waals surface area contributed by atoms with Crippen LogP contribution in [0.3, 0.4) is 0 Å². The standard InChI is InChI=1S/C14H21N3O2/c1-2-3-8-15-13(18)10-17-14(19)9-11-6-4-5-7-12(11)16-17/h9H,2-8,10H2,1H3,(H,15,18). The molecule has 1 N–H and O–H groups in total. The number of carbonyl (C=O) groups is 1. The van der Waals surface area contributed by atoms with Crippen LogP contribution in [-0.4, -0.2) is 22.2 Å². The SMILES string of the molecule is CCCCNC(=O)Cn1nc2c(cc1=O)CCCC2. The molecule has 104 valence electrons. The molecule has 0 radical (unpaired) electrons. The van der Waals surface area contributed by atoms with Crippen LogP contribution in [0, 0.1) is 0 Å². The molecule has 0 spiro atoms. The van der Waals surface area contributed by atoms with Crippen molar-refractivity contribution < 1.29 is 4.79 Å². The van der Waals surface area contributed by atoms with Crippen LogP contribution in [0.15, 0.2) is 10.9 Å². The summed E-state index contributed by atoms with van der Waals surface area (Å²) in [4.78, 5) is 23.6. The first-order valence-corrected chi connectivity index (χ1v) is 7.07. The van der Waals surface area contributed by atoms with Gasteiger partial charge >= 0.3 is 0 Å². The van der Waals surface area contributed by atoms with Crippen molar-refractivity contribution >= 4 is 5.91 Å². The van der Waals surface area contributed by atoms with E-state index in [4.69, 9.17) is 0 Å². The molecule has 0 atom stereocenters. The number of rotatable bonds is 5. The third-order valence-corrected chi connectivity index (χ3v) is 3.42. The quantitative estimate of drug-likeness (QED) is 0.807. The summed E-state index contributed by atoms with van der Waals surface area (Å²) in [7, 11) is 0. The Morgan fingerprint density at radius 3 is 3.00 bits per heavy atom. The Kier molecular flexibility index (Phi) is 4.71. The molecule has 0 aliphatic heterocycles. The van der Waals surface area contributed by atoms with E-state index in [-0.39, 0.29) is 18.0 Å². The summed E-state index contributed by atoms with van der Waals surface area (Å²) in [5.41, 5.74) is 1.86. The molecule has 0 fully saturated rings. The predicted octanol–water partition coefficient (Wildman–Crippen LogP) is 1.04. The lowest BCUT2D eigenvalue weighted by atomic mass is 9.97. The lowest BCUT2D eigenvalue weighted by Crippen LogP contribution is -2.35. The minimum absolute atomic E-state index is 0.0236. The Morgan fingerprint density at radius 2 is 2.21 bits per heavy atom. The smallest absolute Gasteiger partial charge is 0.267 e. The first-order valence-electron chi connectivity index (χ1n) is 7.07. The van der Waals surface area contributed by atoms with E-state index in [9.17, 15) is 9.59 Å². The fraction of sp³-hybridized carbons (Fsp3) is 0.643. The van der Waals surface area contributed by atoms with Crippen LogP contribution in [-0.2, 0) is 24.2 Å². The molecule has 1 aromatic heterocycles. The molecule has 1 heterocycles. The van der Waals surface area contributed by atoms with Gasteiger partial charge in [-0.3, -0.25) is 9.59 Å². The molecular formula is C14H21N3O2. The maximum atomic E-state index is 11.9. The number of unbranched alkanes of at least 4 members (excludes halogenated alkanes) is 1. The average Bonchev–Trinajstić information content (AvgIpc) is 2.40. The molecule has 0 bridgehead atoms. The Morgan fingerprint density at radius 1 is 1.42 bits per heavy atom. The van der Waals surface area contributed by atoms with Crippen molar-refractivity contribution in [1.29, 1.82) is 0 Å². The summed E-state index contributed by atoms with van der Waals surface area (Å²) in [6, 6.07) is 1.64. The predicted molar refractivity (Wildman–Crippen MR) is 73.1 cm³/mol. The number of nitrogens with zero attached hydrogens (tertiary/aromatic N) is 2. The Bertz CT molecular complexity index is 508. The van der Waals surface area contributed by atoms with E-state index in [2.05, 4.69) is 17.3 Å². The highest BCUT2D eigenvalue weighted by atomic mass is 16.2. The molecule has 1 aliphatic rings. The fourth-order valence-electron chi connectivity index (χ4n) is 2.31. The molecule has 0 saturated carbocycles. The molecule has 19 heavy (non-hydrogen) atoms. The number of carbonyl (C=O) groups excluding carboxylic acids is 1. The van der Waals surface area contributed by atoms with Crippen LogP contribution in [0.2, 0.25) is 0 Å². The molecule has 0 unspecified atom stereocenters. The van der Waals surface area contributed by atoms with Gasteiger partial charge in [0, 0.05) is 12.6 Å². The highest BCUT2D eigenvalue weighted by molar-refractivity contribution is 5.75. The first-order chi connectivity index (χ1) is 9.20. The second-order valence-corrected chi connectivity index (χ2v) is 5.02. The number of amides is 1. The lowest BCUT2D eigenvalue weighted by Gasteiger charge is -2.15. The van der Waals surface area contributed by atoms with Crippen LogP contribution >= 0.6 is 0 Å². The summed E-state index contributed by atoms with van der Waals surface area (Å²) < 4.78 is 1.28. The van der Waals surface area contributed by atoms with Crippen molar-refractivity contribution in [1.82, 2.24) is 15.1 Å². The van der Waals surface area contributed by atoms with Crippen LogP contribution in [0.5, 0.6) is 0 Å². The van der Waals surface area contributed by atoms with Gasteiger partial charge in [-0.1, -0.05) is 13.3 Å². The van der Waals surface area contributed by atoms with Crippen molar-refractivity contribution in [2.75, 3.05) is 6.54 Å². The maximum absolute atomic E-state index is 11.9. The molecule has 1 aliphatic carbocycles. The summed E-state index contributed by atoms with van der Waals surface area (Å²) in [5, 5.41) is 7.13. The van der Waals surface area contributed by atoms with E-state index in [1.165, 1.54) is 4.68 Å². The zero-order chi connectivity index (χ0) is 13.7. The van der Waals surface area contributed by atoms with Gasteiger partial charge in [-0.25, -0.2) is 4.68 Å². The van der Waals surface area contributed by atoms with E-state index in [0.29, 0.717) is 6.54 Å². The van der Waals surface area contributed by atoms with Crippen LogP contribution in [0.4, 0.5) is 0 Å². The lowest BCUT2D eigenvalue weighted by molar-refractivity contribution is -0.121. The van der Waals surface area contributed by atoms with Gasteiger partial charge < -0.3 is 5.32 Å². The Hall–Kier alpha value is -1.65. The first kappa shape index (κ1) is 13.8. The molecule has 0 saturated heterocycles. The number of aromatic nitrogens is 2. The number of aryl methyl sites for hydroxylation is 2. The molecular weight excluding hydrogens is 242 g/mol. The minimum atomic E-state index is -0.175. The van der Waals surface area contributed by atoms with Gasteiger partial charge in [0.1, 0.15) is 6.54 Å². The second-order valence-electron chi connectivity index (χ2n) is 5.02. The highest BCUT2D eigenvalue weighted by Gasteiger charge is 2.14. The molecule has 1 amide bonds. The van der Waals surface area contributed by atoms with E-state index in [1.54, 1.807) is 6.07 Å². The summed E-state index contributed by atoms with van der Waals surface area (Å²) in [5.74, 6) is -0.140. The van der Waals surface area contributed by atoms with Crippen LogP contribution in [0.25, 0.3) is 0 Å². The van der Waals surface area contributed by atoms with E-state index < -0.39 is 0 Å². The van der Waals surface area contributed by atoms with Gasteiger partial charge in [-0.2, -0.15) is 5.10 Å². The van der Waals surface area contributed by atoms with Crippen molar-refractivity contribution in [3.63, 3.8) is 0 Å². The minimum Gasteiger partial charge on any atom is -0.354 e. The maximum Gasteiger partial charge on any atom is 0.267 e. The van der Waals surface area contributed by atoms with E-state index in [1.807, 2.05) is 0 Å². The largest absolute Gasteiger partial charge is 0.354 e. The van der Waals surface area contributed by atoms with Gasteiger partial charge in [-0.15, -0.1) is 0 Å². The van der Waals surface area contributed by atoms with Crippen LogP contribution in [0.1, 0.15) is 43.9 Å². The zero-order valence-corrected chi connectivity index (χ0v) is 11.4. The molecule has 1 aromatic rings. The van der Waals surface area contributed by atoms with Crippen molar-refractivity contribution in [3.8, 4) is 0 Å². The monoisotopic (exact) mass is 263 g/mol. The molecule has 5 heteroatoms. The Balaban J connectivity index is 2.04. The van der Waals surface area contributed by atoms with Crippen molar-refractivity contribution in [3.05, 3.63) is 27.7 Å². The fourth-order valence-corrected chi connectivity index (χ4v) is 2.31. The zero-order valence-electron chi connectivity index (χ0n) is 11.4. The molecule has 0 aromatic carbocycles. The van der Waals surface area contributed by atoms with E-state index >= 15 is 0 Å². The van der Waals surface area contributed by atoms with Gasteiger partial charge in [-0.05, 0) is 37.7 Å². The van der Waals surface area contributed by atoms with Gasteiger partial charge in [0.25, 0.3) is 5.56 Å². The number of fused-ring (bicyclic) bond motifs is 1. The number of hydrogen-bond acceptors (Lipinski definition) is 3. The Labute approximate surface area is 113 Å². The molecule has 2 rings (SSSR count). The summed E-state index contributed by atoms with van der Waals surface area (Å²) in [6.45, 7) is 2.76. The highest BCUT2D eigenvalue weighted by Crippen LogP contribution is 2.16. The van der Waals surface area contributed by atoms with Crippen molar-refractivity contribution in [2.24, 2.45) is 0 Å². The van der Waals surface area contributed by atoms with E-state index in [0.717, 1.165) is 49.8 Å². The summed E-state index contributed by atoms with van der Waals surface area (Å²) in [6.07, 6.45) is 6.07. The average molecular weight is 263 g/mol. The number of nitrogens with one attached hydrogen (secondary N) is 1. The van der Waals surface area contributed by atoms with Gasteiger partial charge in [0.05, 0.1) is 5.69 Å². The summed E-state index contributed by atoms with van der Waals surface area (Å²) >= 11 is 0. The van der Waals surface area contributed by atoms with Gasteiger partial charge in [0.2, 0.25) is 5.91 Å². The number of hydrogen-bond donors (Lipinski definition) is 1. The second kappa shape index (κ2) is 6.50. The topological polar surface area (TPSA) is 64.0 Å². The van der Waals surface area contributed by atoms with Crippen LogP contribution < -0.4 is 10.9 Å². The third kappa shape index (κ3) is 3.66.